The van der Waals surface area contributed by atoms with E-state index in [9.17, 15) is 4.79 Å². The Hall–Kier alpha value is -2.43. The minimum atomic E-state index is -0.0780. The van der Waals surface area contributed by atoms with E-state index in [1.54, 1.807) is 7.11 Å². The number of aryl methyl sites for hydroxylation is 1. The van der Waals surface area contributed by atoms with E-state index in [1.165, 1.54) is 19.5 Å². The van der Waals surface area contributed by atoms with Crippen molar-refractivity contribution < 1.29 is 14.3 Å². The highest BCUT2D eigenvalue weighted by Crippen LogP contribution is 2.16. The molecule has 0 atom stereocenters. The molecule has 1 aromatic heterocycles. The molecule has 0 radical (unpaired) electrons. The molecule has 0 amide bonds. The van der Waals surface area contributed by atoms with Crippen LogP contribution in [0.5, 0.6) is 11.6 Å². The van der Waals surface area contributed by atoms with Crippen molar-refractivity contribution in [3.63, 3.8) is 0 Å². The Morgan fingerprint density at radius 3 is 2.40 bits per heavy atom. The molecule has 0 aliphatic heterocycles. The van der Waals surface area contributed by atoms with Gasteiger partial charge < -0.3 is 9.47 Å². The van der Waals surface area contributed by atoms with Crippen molar-refractivity contribution in [2.45, 2.75) is 12.8 Å². The zero-order valence-corrected chi connectivity index (χ0v) is 11.5. The lowest BCUT2D eigenvalue weighted by Gasteiger charge is -2.05. The lowest BCUT2D eigenvalue weighted by atomic mass is 10.1. The van der Waals surface area contributed by atoms with Crippen molar-refractivity contribution in [1.29, 1.82) is 0 Å². The minimum absolute atomic E-state index is 0.0780. The van der Waals surface area contributed by atoms with Crippen LogP contribution in [0.4, 0.5) is 0 Å². The van der Waals surface area contributed by atoms with E-state index < -0.39 is 0 Å². The zero-order valence-electron chi connectivity index (χ0n) is 11.5. The van der Waals surface area contributed by atoms with Crippen LogP contribution in [-0.4, -0.2) is 30.0 Å². The number of carbonyl (C=O) groups excluding carboxylic acids is 1. The number of ketones is 1. The highest BCUT2D eigenvalue weighted by Gasteiger charge is 2.14. The van der Waals surface area contributed by atoms with Crippen molar-refractivity contribution in [3.8, 4) is 11.6 Å². The Labute approximate surface area is 117 Å². The van der Waals surface area contributed by atoms with Crippen LogP contribution < -0.4 is 9.47 Å². The molecule has 20 heavy (non-hydrogen) atoms. The molecule has 0 spiro atoms. The first-order valence-electron chi connectivity index (χ1n) is 6.25. The Morgan fingerprint density at radius 1 is 1.05 bits per heavy atom. The third kappa shape index (κ3) is 3.32. The highest BCUT2D eigenvalue weighted by atomic mass is 16.5. The predicted molar refractivity (Wildman–Crippen MR) is 74.2 cm³/mol. The van der Waals surface area contributed by atoms with Crippen LogP contribution in [0, 0.1) is 0 Å². The summed E-state index contributed by atoms with van der Waals surface area (Å²) in [6.07, 6.45) is 3.99. The van der Waals surface area contributed by atoms with Crippen LogP contribution in [-0.2, 0) is 6.42 Å². The second-order valence-corrected chi connectivity index (χ2v) is 4.19. The van der Waals surface area contributed by atoms with Crippen LogP contribution in [0.15, 0.2) is 36.7 Å². The maximum absolute atomic E-state index is 12.1. The molecule has 0 aliphatic carbocycles. The standard InChI is InChI=1S/C15H16N2O3/c1-19-12-6-3-11(4-7-12)5-8-13(18)14-15(20-2)17-10-9-16-14/h3-4,6-7,9-10H,5,8H2,1-2H3. The summed E-state index contributed by atoms with van der Waals surface area (Å²) in [5.74, 6) is 0.994. The summed E-state index contributed by atoms with van der Waals surface area (Å²) in [6.45, 7) is 0. The first kappa shape index (κ1) is 14.0. The second kappa shape index (κ2) is 6.65. The van der Waals surface area contributed by atoms with Gasteiger partial charge in [0.05, 0.1) is 14.2 Å². The van der Waals surface area contributed by atoms with E-state index in [0.717, 1.165) is 11.3 Å². The Kier molecular flexibility index (Phi) is 4.65. The quantitative estimate of drug-likeness (QED) is 0.755. The fourth-order valence-corrected chi connectivity index (χ4v) is 1.83. The monoisotopic (exact) mass is 272 g/mol. The van der Waals surface area contributed by atoms with E-state index in [2.05, 4.69) is 9.97 Å². The number of ether oxygens (including phenoxy) is 2. The number of methoxy groups -OCH3 is 2. The summed E-state index contributed by atoms with van der Waals surface area (Å²) in [7, 11) is 3.10. The minimum Gasteiger partial charge on any atom is -0.497 e. The topological polar surface area (TPSA) is 61.3 Å². The normalized spacial score (nSPS) is 10.1. The van der Waals surface area contributed by atoms with Crippen LogP contribution in [0.1, 0.15) is 22.5 Å². The van der Waals surface area contributed by atoms with Gasteiger partial charge in [0.15, 0.2) is 11.5 Å². The van der Waals surface area contributed by atoms with Crippen LogP contribution in [0.2, 0.25) is 0 Å². The second-order valence-electron chi connectivity index (χ2n) is 4.19. The lowest BCUT2D eigenvalue weighted by Crippen LogP contribution is -2.07. The fourth-order valence-electron chi connectivity index (χ4n) is 1.83. The van der Waals surface area contributed by atoms with Gasteiger partial charge in [-0.2, -0.15) is 0 Å². The van der Waals surface area contributed by atoms with Gasteiger partial charge in [-0.25, -0.2) is 9.97 Å². The van der Waals surface area contributed by atoms with Gasteiger partial charge in [-0.1, -0.05) is 12.1 Å². The lowest BCUT2D eigenvalue weighted by molar-refractivity contribution is 0.0974. The molecular formula is C15H16N2O3. The number of aromatic nitrogens is 2. The molecule has 1 heterocycles. The zero-order chi connectivity index (χ0) is 14.4. The molecule has 0 bridgehead atoms. The molecule has 0 aliphatic rings. The fraction of sp³-hybridized carbons (Fsp3) is 0.267. The van der Waals surface area contributed by atoms with Crippen molar-refractivity contribution >= 4 is 5.78 Å². The molecular weight excluding hydrogens is 256 g/mol. The summed E-state index contributed by atoms with van der Waals surface area (Å²) in [6, 6.07) is 7.64. The predicted octanol–water partition coefficient (Wildman–Crippen LogP) is 2.31. The average Bonchev–Trinajstić information content (AvgIpc) is 2.53. The SMILES string of the molecule is COc1ccc(CCC(=O)c2nccnc2OC)cc1. The van der Waals surface area contributed by atoms with Gasteiger partial charge in [0.1, 0.15) is 5.75 Å². The van der Waals surface area contributed by atoms with E-state index in [-0.39, 0.29) is 17.4 Å². The molecule has 0 saturated carbocycles. The maximum atomic E-state index is 12.1. The van der Waals surface area contributed by atoms with Gasteiger partial charge in [-0.05, 0) is 24.1 Å². The van der Waals surface area contributed by atoms with Crippen molar-refractivity contribution in [1.82, 2.24) is 9.97 Å². The number of carbonyl (C=O) groups is 1. The number of Topliss-reactive ketones (excluding diaryl/α,β-unsaturated/α-hetero) is 1. The molecule has 0 fully saturated rings. The molecule has 5 nitrogen and oxygen atoms in total. The Bertz CT molecular complexity index is 582. The highest BCUT2D eigenvalue weighted by molar-refractivity contribution is 5.96. The van der Waals surface area contributed by atoms with Crippen LogP contribution in [0.3, 0.4) is 0 Å². The van der Waals surface area contributed by atoms with Gasteiger partial charge in [0.25, 0.3) is 0 Å². The van der Waals surface area contributed by atoms with Gasteiger partial charge in [-0.3, -0.25) is 4.79 Å². The van der Waals surface area contributed by atoms with Crippen LogP contribution >= 0.6 is 0 Å². The Morgan fingerprint density at radius 2 is 1.75 bits per heavy atom. The number of nitrogens with zero attached hydrogens (tertiary/aromatic N) is 2. The smallest absolute Gasteiger partial charge is 0.243 e. The third-order valence-corrected chi connectivity index (χ3v) is 2.92. The summed E-state index contributed by atoms with van der Waals surface area (Å²) in [5.41, 5.74) is 1.35. The average molecular weight is 272 g/mol. The largest absolute Gasteiger partial charge is 0.497 e. The van der Waals surface area contributed by atoms with E-state index in [1.807, 2.05) is 24.3 Å². The summed E-state index contributed by atoms with van der Waals surface area (Å²) < 4.78 is 10.1. The van der Waals surface area contributed by atoms with E-state index in [4.69, 9.17) is 9.47 Å². The number of rotatable bonds is 6. The van der Waals surface area contributed by atoms with E-state index in [0.29, 0.717) is 12.8 Å². The molecule has 2 aromatic rings. The maximum Gasteiger partial charge on any atom is 0.243 e. The van der Waals surface area contributed by atoms with Gasteiger partial charge in [0.2, 0.25) is 5.88 Å². The summed E-state index contributed by atoms with van der Waals surface area (Å²) in [5, 5.41) is 0. The Balaban J connectivity index is 2.01. The summed E-state index contributed by atoms with van der Waals surface area (Å²) >= 11 is 0. The first-order chi connectivity index (χ1) is 9.74. The molecule has 2 rings (SSSR count). The molecule has 5 heteroatoms. The van der Waals surface area contributed by atoms with Crippen molar-refractivity contribution in [3.05, 3.63) is 47.9 Å². The molecule has 0 N–H and O–H groups in total. The van der Waals surface area contributed by atoms with Gasteiger partial charge >= 0.3 is 0 Å². The summed E-state index contributed by atoms with van der Waals surface area (Å²) in [4.78, 5) is 20.1. The van der Waals surface area contributed by atoms with Crippen LogP contribution in [0.25, 0.3) is 0 Å². The first-order valence-corrected chi connectivity index (χ1v) is 6.25. The van der Waals surface area contributed by atoms with Crippen molar-refractivity contribution in [2.75, 3.05) is 14.2 Å². The molecule has 104 valence electrons. The van der Waals surface area contributed by atoms with Gasteiger partial charge in [0, 0.05) is 18.8 Å². The molecule has 1 aromatic carbocycles. The van der Waals surface area contributed by atoms with E-state index >= 15 is 0 Å². The van der Waals surface area contributed by atoms with Gasteiger partial charge in [-0.15, -0.1) is 0 Å². The number of benzene rings is 1. The number of hydrogen-bond acceptors (Lipinski definition) is 5. The van der Waals surface area contributed by atoms with Crippen molar-refractivity contribution in [2.24, 2.45) is 0 Å². The number of hydrogen-bond donors (Lipinski definition) is 0. The third-order valence-electron chi connectivity index (χ3n) is 2.92. The molecule has 0 unspecified atom stereocenters. The molecule has 0 saturated heterocycles.